The van der Waals surface area contributed by atoms with Gasteiger partial charge in [-0.15, -0.1) is 36.2 Å². The molecule has 0 aliphatic rings. The number of thiazole rings is 1. The van der Waals surface area contributed by atoms with E-state index in [-0.39, 0.29) is 53.1 Å². The van der Waals surface area contributed by atoms with E-state index < -0.39 is 34.9 Å². The first-order valence-electron chi connectivity index (χ1n) is 9.52. The number of alkyl halides is 3. The molecule has 33 heavy (non-hydrogen) atoms. The summed E-state index contributed by atoms with van der Waals surface area (Å²) >= 11 is 1.12. The molecule has 0 fully saturated rings. The van der Waals surface area contributed by atoms with Gasteiger partial charge < -0.3 is 14.9 Å². The van der Waals surface area contributed by atoms with Crippen LogP contribution in [0.2, 0.25) is 0 Å². The molecule has 0 saturated carbocycles. The highest BCUT2D eigenvalue weighted by atomic mass is 35.5. The summed E-state index contributed by atoms with van der Waals surface area (Å²) in [6.07, 6.45) is -4.28. The van der Waals surface area contributed by atoms with Gasteiger partial charge in [0.1, 0.15) is 17.4 Å². The molecule has 0 aliphatic carbocycles. The Labute approximate surface area is 204 Å². The number of esters is 1. The van der Waals surface area contributed by atoms with Crippen LogP contribution >= 0.6 is 36.2 Å². The third kappa shape index (κ3) is 5.87. The summed E-state index contributed by atoms with van der Waals surface area (Å²) < 4.78 is 51.6. The first-order valence-corrected chi connectivity index (χ1v) is 10.4. The predicted octanol–water partition coefficient (Wildman–Crippen LogP) is 5.67. The van der Waals surface area contributed by atoms with Crippen molar-refractivity contribution in [2.45, 2.75) is 46.3 Å². The monoisotopic (exact) mass is 526 g/mol. The first-order chi connectivity index (χ1) is 14.4. The van der Waals surface area contributed by atoms with Crippen molar-refractivity contribution in [3.8, 4) is 17.0 Å². The Morgan fingerprint density at radius 3 is 2.42 bits per heavy atom. The maximum Gasteiger partial charge on any atom is 0.450 e. The van der Waals surface area contributed by atoms with E-state index in [9.17, 15) is 22.8 Å². The summed E-state index contributed by atoms with van der Waals surface area (Å²) in [5, 5.41) is 1.85. The topological polar surface area (TPSA) is 95.4 Å². The number of benzene rings is 1. The molecule has 12 heteroatoms. The second-order valence-corrected chi connectivity index (χ2v) is 8.39. The van der Waals surface area contributed by atoms with Crippen LogP contribution in [0, 0.1) is 19.8 Å². The highest BCUT2D eigenvalue weighted by Crippen LogP contribution is 2.38. The Morgan fingerprint density at radius 2 is 1.91 bits per heavy atom. The fourth-order valence-corrected chi connectivity index (χ4v) is 3.73. The van der Waals surface area contributed by atoms with Crippen molar-refractivity contribution < 1.29 is 27.1 Å². The molecule has 0 radical (unpaired) electrons. The van der Waals surface area contributed by atoms with Gasteiger partial charge in [0, 0.05) is 11.4 Å². The largest absolute Gasteiger partial charge is 0.450 e. The van der Waals surface area contributed by atoms with Crippen molar-refractivity contribution in [3.05, 3.63) is 44.1 Å². The molecule has 1 unspecified atom stereocenters. The number of nitrogens with zero attached hydrogens (tertiary/aromatic N) is 1. The lowest BCUT2D eigenvalue weighted by Crippen LogP contribution is -2.39. The zero-order valence-corrected chi connectivity index (χ0v) is 20.6. The third-order valence-electron chi connectivity index (χ3n) is 5.05. The zero-order chi connectivity index (χ0) is 23.1. The van der Waals surface area contributed by atoms with Gasteiger partial charge in [0.2, 0.25) is 11.2 Å². The van der Waals surface area contributed by atoms with Crippen molar-refractivity contribution in [1.82, 2.24) is 4.98 Å². The zero-order valence-electron chi connectivity index (χ0n) is 18.1. The van der Waals surface area contributed by atoms with E-state index in [0.29, 0.717) is 17.0 Å². The van der Waals surface area contributed by atoms with Gasteiger partial charge in [0.25, 0.3) is 0 Å². The minimum atomic E-state index is -4.93. The molecule has 2 atom stereocenters. The van der Waals surface area contributed by atoms with Gasteiger partial charge >= 0.3 is 12.1 Å². The summed E-state index contributed by atoms with van der Waals surface area (Å²) in [4.78, 5) is 29.4. The SMILES string of the molecule is CCC(C)[C@@H](N)C(=O)Oc1cc(C)c2c(=O)c(-c3csc(C)n3)c(C(F)(F)F)oc2c1.Cl.Cl. The number of carbonyl (C=O) groups is 1. The van der Waals surface area contributed by atoms with Crippen LogP contribution in [-0.2, 0) is 11.0 Å². The molecule has 0 amide bonds. The maximum atomic E-state index is 13.7. The molecule has 182 valence electrons. The predicted molar refractivity (Wildman–Crippen MR) is 126 cm³/mol. The molecule has 0 saturated heterocycles. The van der Waals surface area contributed by atoms with Gasteiger partial charge in [-0.05, 0) is 31.4 Å². The summed E-state index contributed by atoms with van der Waals surface area (Å²) in [5.74, 6) is -2.37. The standard InChI is InChI=1S/C21H21F3N2O4S.2ClH/c1-5-9(2)17(25)20(28)29-12-6-10(3)15-14(7-12)30-19(21(22,23)24)16(18(15)27)13-8-31-11(4)26-13;;/h6-9,17H,5,25H2,1-4H3;2*1H/t9?,17-;;/m1../s1. The molecule has 6 nitrogen and oxygen atoms in total. The summed E-state index contributed by atoms with van der Waals surface area (Å²) in [7, 11) is 0. The molecular weight excluding hydrogens is 504 g/mol. The molecule has 0 spiro atoms. The van der Waals surface area contributed by atoms with Crippen molar-refractivity contribution in [2.75, 3.05) is 0 Å². The lowest BCUT2D eigenvalue weighted by atomic mass is 10.0. The lowest BCUT2D eigenvalue weighted by Gasteiger charge is -2.17. The van der Waals surface area contributed by atoms with Gasteiger partial charge in [-0.25, -0.2) is 9.78 Å². The van der Waals surface area contributed by atoms with Crippen molar-refractivity contribution in [3.63, 3.8) is 0 Å². The molecule has 0 bridgehead atoms. The van der Waals surface area contributed by atoms with Crippen LogP contribution in [0.1, 0.15) is 36.6 Å². The number of halogens is 5. The quantitative estimate of drug-likeness (QED) is 0.339. The van der Waals surface area contributed by atoms with Gasteiger partial charge in [-0.2, -0.15) is 13.2 Å². The second-order valence-electron chi connectivity index (χ2n) is 7.33. The molecule has 3 rings (SSSR count). The minimum absolute atomic E-state index is 0. The van der Waals surface area contributed by atoms with Gasteiger partial charge in [0.05, 0.1) is 21.7 Å². The summed E-state index contributed by atoms with van der Waals surface area (Å²) in [6, 6.07) is 1.59. The van der Waals surface area contributed by atoms with Crippen LogP contribution < -0.4 is 15.9 Å². The third-order valence-corrected chi connectivity index (χ3v) is 5.82. The number of nitrogens with two attached hydrogens (primary N) is 1. The number of hydrogen-bond acceptors (Lipinski definition) is 7. The number of rotatable bonds is 5. The van der Waals surface area contributed by atoms with Gasteiger partial charge in [0.15, 0.2) is 0 Å². The number of carbonyl (C=O) groups excluding carboxylic acids is 1. The van der Waals surface area contributed by atoms with Crippen molar-refractivity contribution >= 4 is 53.1 Å². The van der Waals surface area contributed by atoms with Crippen molar-refractivity contribution in [2.24, 2.45) is 11.7 Å². The molecule has 2 aromatic heterocycles. The molecule has 2 heterocycles. The molecule has 2 N–H and O–H groups in total. The first kappa shape index (κ1) is 28.9. The molecular formula is C21H23Cl2F3N2O4S. The van der Waals surface area contributed by atoms with E-state index in [1.807, 2.05) is 6.92 Å². The van der Waals surface area contributed by atoms with E-state index in [0.717, 1.165) is 17.4 Å². The van der Waals surface area contributed by atoms with Crippen molar-refractivity contribution in [1.29, 1.82) is 0 Å². The fraction of sp³-hybridized carbons (Fsp3) is 0.381. The van der Waals surface area contributed by atoms with Crippen LogP contribution in [0.5, 0.6) is 5.75 Å². The van der Waals surface area contributed by atoms with Crippen LogP contribution in [0.15, 0.2) is 26.7 Å². The Morgan fingerprint density at radius 1 is 1.27 bits per heavy atom. The summed E-state index contributed by atoms with van der Waals surface area (Å²) in [6.45, 7) is 6.80. The Hall–Kier alpha value is -2.14. The highest BCUT2D eigenvalue weighted by Gasteiger charge is 2.40. The number of hydrogen-bond donors (Lipinski definition) is 1. The summed E-state index contributed by atoms with van der Waals surface area (Å²) in [5.41, 5.74) is 4.22. The normalized spacial score (nSPS) is 13.1. The average Bonchev–Trinajstić information content (AvgIpc) is 3.11. The van der Waals surface area contributed by atoms with Gasteiger partial charge in [-0.1, -0.05) is 20.3 Å². The van der Waals surface area contributed by atoms with Crippen LogP contribution in [0.4, 0.5) is 13.2 Å². The smallest absolute Gasteiger partial charge is 0.450 e. The number of aromatic nitrogens is 1. The number of ether oxygens (including phenoxy) is 1. The molecule has 0 aliphatic heterocycles. The number of aryl methyl sites for hydroxylation is 2. The van der Waals surface area contributed by atoms with E-state index in [1.54, 1.807) is 13.8 Å². The van der Waals surface area contributed by atoms with Gasteiger partial charge in [-0.3, -0.25) is 4.79 Å². The highest BCUT2D eigenvalue weighted by molar-refractivity contribution is 7.09. The number of fused-ring (bicyclic) bond motifs is 1. The fourth-order valence-electron chi connectivity index (χ4n) is 3.12. The average molecular weight is 527 g/mol. The van der Waals surface area contributed by atoms with Crippen LogP contribution in [0.25, 0.3) is 22.2 Å². The minimum Gasteiger partial charge on any atom is -0.450 e. The van der Waals surface area contributed by atoms with E-state index in [4.69, 9.17) is 14.9 Å². The Bertz CT molecular complexity index is 1210. The van der Waals surface area contributed by atoms with Crippen LogP contribution in [0.3, 0.4) is 0 Å². The van der Waals surface area contributed by atoms with E-state index in [2.05, 4.69) is 4.98 Å². The van der Waals surface area contributed by atoms with Crippen LogP contribution in [-0.4, -0.2) is 17.0 Å². The second kappa shape index (κ2) is 10.9. The van der Waals surface area contributed by atoms with E-state index >= 15 is 0 Å². The Kier molecular flexibility index (Phi) is 9.51. The molecule has 3 aromatic rings. The van der Waals surface area contributed by atoms with E-state index in [1.165, 1.54) is 18.4 Å². The maximum absolute atomic E-state index is 13.7. The molecule has 1 aromatic carbocycles. The Balaban J connectivity index is 0.00000272. The lowest BCUT2D eigenvalue weighted by molar-refractivity contribution is -0.152.